The number of H-pyrrole nitrogens is 1. The molecule has 1 heterocycles. The molecule has 0 unspecified atom stereocenters. The standard InChI is InChI=1S/C12H23N3/c1-4-6-8-11(9-7-5-2)12-13-10(3)14-15-12/h11H,4-9H2,1-3H3,(H,13,14,15). The smallest absolute Gasteiger partial charge is 0.133 e. The zero-order valence-corrected chi connectivity index (χ0v) is 10.2. The number of aryl methyl sites for hydroxylation is 1. The summed E-state index contributed by atoms with van der Waals surface area (Å²) in [5, 5.41) is 8.26. The van der Waals surface area contributed by atoms with Crippen LogP contribution in [0.2, 0.25) is 0 Å². The number of hydrogen-bond donors (Lipinski definition) is 1. The predicted octanol–water partition coefficient (Wildman–Crippen LogP) is 3.58. The molecule has 1 rings (SSSR count). The van der Waals surface area contributed by atoms with Crippen molar-refractivity contribution in [3.8, 4) is 0 Å². The van der Waals surface area contributed by atoms with Gasteiger partial charge in [-0.1, -0.05) is 39.5 Å². The predicted molar refractivity (Wildman–Crippen MR) is 62.9 cm³/mol. The monoisotopic (exact) mass is 209 g/mol. The first-order valence-electron chi connectivity index (χ1n) is 6.17. The Kier molecular flexibility index (Phi) is 5.37. The van der Waals surface area contributed by atoms with Gasteiger partial charge in [0, 0.05) is 5.92 Å². The fourth-order valence-electron chi connectivity index (χ4n) is 1.87. The van der Waals surface area contributed by atoms with Crippen molar-refractivity contribution in [2.24, 2.45) is 0 Å². The number of unbranched alkanes of at least 4 members (excludes halogenated alkanes) is 2. The van der Waals surface area contributed by atoms with Crippen LogP contribution in [0.15, 0.2) is 0 Å². The van der Waals surface area contributed by atoms with Crippen LogP contribution in [0.3, 0.4) is 0 Å². The van der Waals surface area contributed by atoms with E-state index in [0.29, 0.717) is 5.92 Å². The number of rotatable bonds is 7. The lowest BCUT2D eigenvalue weighted by molar-refractivity contribution is 0.504. The molecule has 0 fully saturated rings. The molecule has 3 heteroatoms. The van der Waals surface area contributed by atoms with Crippen LogP contribution in [0, 0.1) is 6.92 Å². The fraction of sp³-hybridized carbons (Fsp3) is 0.833. The van der Waals surface area contributed by atoms with Gasteiger partial charge in [-0.05, 0) is 19.8 Å². The summed E-state index contributed by atoms with van der Waals surface area (Å²) in [6.45, 7) is 6.44. The zero-order valence-electron chi connectivity index (χ0n) is 10.2. The van der Waals surface area contributed by atoms with Gasteiger partial charge in [-0.25, -0.2) is 0 Å². The molecule has 15 heavy (non-hydrogen) atoms. The molecule has 0 atom stereocenters. The van der Waals surface area contributed by atoms with Crippen molar-refractivity contribution >= 4 is 0 Å². The number of hydrogen-bond acceptors (Lipinski definition) is 2. The van der Waals surface area contributed by atoms with Crippen LogP contribution in [0.25, 0.3) is 0 Å². The number of nitrogens with zero attached hydrogens (tertiary/aromatic N) is 2. The molecule has 0 saturated heterocycles. The Balaban J connectivity index is 2.54. The van der Waals surface area contributed by atoms with E-state index < -0.39 is 0 Å². The third-order valence-corrected chi connectivity index (χ3v) is 2.82. The topological polar surface area (TPSA) is 41.6 Å². The minimum absolute atomic E-state index is 0.589. The van der Waals surface area contributed by atoms with Crippen molar-refractivity contribution in [2.75, 3.05) is 0 Å². The van der Waals surface area contributed by atoms with E-state index in [9.17, 15) is 0 Å². The highest BCUT2D eigenvalue weighted by molar-refractivity contribution is 4.96. The van der Waals surface area contributed by atoms with E-state index in [0.717, 1.165) is 11.6 Å². The van der Waals surface area contributed by atoms with E-state index in [1.54, 1.807) is 0 Å². The minimum Gasteiger partial charge on any atom is -0.329 e. The number of aromatic nitrogens is 3. The maximum atomic E-state index is 4.22. The summed E-state index contributed by atoms with van der Waals surface area (Å²) >= 11 is 0. The summed E-state index contributed by atoms with van der Waals surface area (Å²) in [5.74, 6) is 2.61. The number of nitrogens with one attached hydrogen (secondary N) is 1. The van der Waals surface area contributed by atoms with E-state index in [-0.39, 0.29) is 0 Å². The van der Waals surface area contributed by atoms with Crippen molar-refractivity contribution in [1.82, 2.24) is 15.2 Å². The van der Waals surface area contributed by atoms with E-state index >= 15 is 0 Å². The average Bonchev–Trinajstić information content (AvgIpc) is 2.65. The lowest BCUT2D eigenvalue weighted by Gasteiger charge is -2.12. The first kappa shape index (κ1) is 12.2. The van der Waals surface area contributed by atoms with Gasteiger partial charge < -0.3 is 4.98 Å². The molecule has 0 amide bonds. The number of aromatic amines is 1. The summed E-state index contributed by atoms with van der Waals surface area (Å²) in [5.41, 5.74) is 0. The molecule has 86 valence electrons. The summed E-state index contributed by atoms with van der Waals surface area (Å²) in [6, 6.07) is 0. The Morgan fingerprint density at radius 2 is 1.67 bits per heavy atom. The Hall–Kier alpha value is -0.860. The average molecular weight is 209 g/mol. The van der Waals surface area contributed by atoms with Gasteiger partial charge in [0.1, 0.15) is 11.6 Å². The quantitative estimate of drug-likeness (QED) is 0.745. The Morgan fingerprint density at radius 3 is 2.07 bits per heavy atom. The maximum Gasteiger partial charge on any atom is 0.133 e. The van der Waals surface area contributed by atoms with Crippen molar-refractivity contribution in [3.63, 3.8) is 0 Å². The molecular weight excluding hydrogens is 186 g/mol. The molecule has 0 radical (unpaired) electrons. The van der Waals surface area contributed by atoms with Gasteiger partial charge in [-0.15, -0.1) is 10.2 Å². The van der Waals surface area contributed by atoms with Crippen molar-refractivity contribution < 1.29 is 0 Å². The molecule has 1 N–H and O–H groups in total. The van der Waals surface area contributed by atoms with Crippen LogP contribution in [-0.2, 0) is 0 Å². The van der Waals surface area contributed by atoms with Crippen molar-refractivity contribution in [1.29, 1.82) is 0 Å². The summed E-state index contributed by atoms with van der Waals surface area (Å²) in [7, 11) is 0. The molecule has 3 nitrogen and oxygen atoms in total. The van der Waals surface area contributed by atoms with Crippen molar-refractivity contribution in [2.45, 2.75) is 65.2 Å². The second kappa shape index (κ2) is 6.59. The molecule has 1 aromatic heterocycles. The van der Waals surface area contributed by atoms with Gasteiger partial charge >= 0.3 is 0 Å². The summed E-state index contributed by atoms with van der Waals surface area (Å²) in [6.07, 6.45) is 7.57. The largest absolute Gasteiger partial charge is 0.329 e. The third-order valence-electron chi connectivity index (χ3n) is 2.82. The molecule has 0 bridgehead atoms. The van der Waals surface area contributed by atoms with Gasteiger partial charge in [0.2, 0.25) is 0 Å². The molecule has 0 saturated carbocycles. The van der Waals surface area contributed by atoms with Crippen LogP contribution >= 0.6 is 0 Å². The molecule has 0 spiro atoms. The van der Waals surface area contributed by atoms with Crippen LogP contribution < -0.4 is 0 Å². The maximum absolute atomic E-state index is 4.22. The Bertz CT molecular complexity index is 260. The normalized spacial score (nSPS) is 11.2. The molecule has 1 aromatic rings. The van der Waals surface area contributed by atoms with Crippen molar-refractivity contribution in [3.05, 3.63) is 11.6 Å². The first-order chi connectivity index (χ1) is 7.27. The SMILES string of the molecule is CCCCC(CCCC)c1nnc(C)[nH]1. The second-order valence-corrected chi connectivity index (χ2v) is 4.28. The van der Waals surface area contributed by atoms with Crippen LogP contribution in [0.1, 0.15) is 69.9 Å². The van der Waals surface area contributed by atoms with Crippen LogP contribution in [-0.4, -0.2) is 15.2 Å². The molecule has 0 aliphatic carbocycles. The molecule has 0 aliphatic heterocycles. The van der Waals surface area contributed by atoms with Gasteiger partial charge in [0.15, 0.2) is 0 Å². The zero-order chi connectivity index (χ0) is 11.1. The summed E-state index contributed by atoms with van der Waals surface area (Å²) in [4.78, 5) is 3.27. The molecule has 0 aliphatic rings. The lowest BCUT2D eigenvalue weighted by atomic mass is 9.95. The van der Waals surface area contributed by atoms with E-state index in [4.69, 9.17) is 0 Å². The third kappa shape index (κ3) is 4.02. The van der Waals surface area contributed by atoms with Crippen LogP contribution in [0.5, 0.6) is 0 Å². The van der Waals surface area contributed by atoms with E-state index in [1.165, 1.54) is 38.5 Å². The van der Waals surface area contributed by atoms with Crippen LogP contribution in [0.4, 0.5) is 0 Å². The van der Waals surface area contributed by atoms with Gasteiger partial charge in [-0.3, -0.25) is 0 Å². The first-order valence-corrected chi connectivity index (χ1v) is 6.17. The minimum atomic E-state index is 0.589. The van der Waals surface area contributed by atoms with E-state index in [2.05, 4.69) is 29.0 Å². The van der Waals surface area contributed by atoms with Gasteiger partial charge in [0.05, 0.1) is 0 Å². The fourth-order valence-corrected chi connectivity index (χ4v) is 1.87. The molecular formula is C12H23N3. The van der Waals surface area contributed by atoms with Gasteiger partial charge in [0.25, 0.3) is 0 Å². The second-order valence-electron chi connectivity index (χ2n) is 4.28. The summed E-state index contributed by atoms with van der Waals surface area (Å²) < 4.78 is 0. The highest BCUT2D eigenvalue weighted by Gasteiger charge is 2.14. The highest BCUT2D eigenvalue weighted by atomic mass is 15.2. The highest BCUT2D eigenvalue weighted by Crippen LogP contribution is 2.24. The lowest BCUT2D eigenvalue weighted by Crippen LogP contribution is -2.01. The van der Waals surface area contributed by atoms with Gasteiger partial charge in [-0.2, -0.15) is 0 Å². The Morgan fingerprint density at radius 1 is 1.07 bits per heavy atom. The Labute approximate surface area is 92.7 Å². The molecule has 0 aromatic carbocycles. The van der Waals surface area contributed by atoms with E-state index in [1.807, 2.05) is 6.92 Å².